The van der Waals surface area contributed by atoms with Crippen molar-refractivity contribution >= 4 is 11.9 Å². The first-order valence-corrected chi connectivity index (χ1v) is 7.94. The Hall–Kier alpha value is -1.98. The van der Waals surface area contributed by atoms with E-state index in [1.807, 2.05) is 0 Å². The summed E-state index contributed by atoms with van der Waals surface area (Å²) in [6, 6.07) is 3.30. The molecule has 3 rings (SSSR count). The van der Waals surface area contributed by atoms with E-state index < -0.39 is 17.6 Å². The van der Waals surface area contributed by atoms with E-state index in [-0.39, 0.29) is 35.3 Å². The third-order valence-corrected chi connectivity index (χ3v) is 4.91. The molecule has 2 saturated carbocycles. The molecule has 0 saturated heterocycles. The number of benzene rings is 1. The van der Waals surface area contributed by atoms with Crippen LogP contribution in [0.4, 0.5) is 8.78 Å². The van der Waals surface area contributed by atoms with E-state index in [1.165, 1.54) is 0 Å². The third-order valence-electron chi connectivity index (χ3n) is 4.91. The zero-order valence-electron chi connectivity index (χ0n) is 12.6. The maximum absolute atomic E-state index is 13.7. The number of carbonyl (C=O) groups is 2. The fourth-order valence-electron chi connectivity index (χ4n) is 3.42. The summed E-state index contributed by atoms with van der Waals surface area (Å²) in [5, 5.41) is 11.9. The van der Waals surface area contributed by atoms with Gasteiger partial charge in [-0.3, -0.25) is 9.59 Å². The van der Waals surface area contributed by atoms with E-state index in [0.29, 0.717) is 32.1 Å². The van der Waals surface area contributed by atoms with Gasteiger partial charge in [0, 0.05) is 12.0 Å². The molecule has 2 aliphatic rings. The topological polar surface area (TPSA) is 66.4 Å². The highest BCUT2D eigenvalue weighted by Gasteiger charge is 2.46. The summed E-state index contributed by atoms with van der Waals surface area (Å²) >= 11 is 0. The molecule has 2 N–H and O–H groups in total. The first kappa shape index (κ1) is 15.9. The van der Waals surface area contributed by atoms with Gasteiger partial charge in [0.1, 0.15) is 11.6 Å². The molecule has 2 atom stereocenters. The highest BCUT2D eigenvalue weighted by atomic mass is 19.1. The van der Waals surface area contributed by atoms with Crippen molar-refractivity contribution < 1.29 is 23.5 Å². The van der Waals surface area contributed by atoms with Crippen LogP contribution >= 0.6 is 0 Å². The number of amides is 1. The standard InChI is InChI=1S/C17H19F2NO3/c18-10-3-6-15(19)13(7-10)12-8-14(12)16(21)20-11-4-1-9(2-5-11)17(22)23/h3,6-7,9,11-12,14H,1-2,4-5,8H2,(H,20,21)(H,22,23)/t9?,11?,12-,14-/m0/s1. The molecule has 23 heavy (non-hydrogen) atoms. The van der Waals surface area contributed by atoms with Crippen LogP contribution in [0.2, 0.25) is 0 Å². The van der Waals surface area contributed by atoms with E-state index in [0.717, 1.165) is 18.2 Å². The van der Waals surface area contributed by atoms with Crippen LogP contribution in [0.3, 0.4) is 0 Å². The molecular formula is C17H19F2NO3. The fourth-order valence-corrected chi connectivity index (χ4v) is 3.42. The number of carboxylic acids is 1. The van der Waals surface area contributed by atoms with Gasteiger partial charge >= 0.3 is 5.97 Å². The van der Waals surface area contributed by atoms with Gasteiger partial charge in [-0.1, -0.05) is 0 Å². The monoisotopic (exact) mass is 323 g/mol. The van der Waals surface area contributed by atoms with Gasteiger partial charge in [0.05, 0.1) is 5.92 Å². The number of rotatable bonds is 4. The molecule has 1 aromatic carbocycles. The zero-order valence-corrected chi connectivity index (χ0v) is 12.6. The van der Waals surface area contributed by atoms with Gasteiger partial charge in [0.2, 0.25) is 5.91 Å². The van der Waals surface area contributed by atoms with Crippen LogP contribution in [0.1, 0.15) is 43.6 Å². The van der Waals surface area contributed by atoms with Gasteiger partial charge in [-0.2, -0.15) is 0 Å². The van der Waals surface area contributed by atoms with Crippen molar-refractivity contribution in [2.24, 2.45) is 11.8 Å². The van der Waals surface area contributed by atoms with Crippen molar-refractivity contribution in [3.63, 3.8) is 0 Å². The molecule has 0 radical (unpaired) electrons. The molecule has 0 aromatic heterocycles. The molecule has 0 unspecified atom stereocenters. The van der Waals surface area contributed by atoms with E-state index in [2.05, 4.69) is 5.32 Å². The van der Waals surface area contributed by atoms with Crippen LogP contribution < -0.4 is 5.32 Å². The summed E-state index contributed by atoms with van der Waals surface area (Å²) in [6.07, 6.45) is 2.94. The van der Waals surface area contributed by atoms with Crippen molar-refractivity contribution in [3.8, 4) is 0 Å². The van der Waals surface area contributed by atoms with Gasteiger partial charge < -0.3 is 10.4 Å². The molecule has 2 fully saturated rings. The smallest absolute Gasteiger partial charge is 0.306 e. The Morgan fingerprint density at radius 2 is 1.83 bits per heavy atom. The van der Waals surface area contributed by atoms with E-state index in [4.69, 9.17) is 5.11 Å². The molecule has 0 aliphatic heterocycles. The van der Waals surface area contributed by atoms with Crippen molar-refractivity contribution in [1.82, 2.24) is 5.32 Å². The number of nitrogens with one attached hydrogen (secondary N) is 1. The lowest BCUT2D eigenvalue weighted by Gasteiger charge is -2.26. The summed E-state index contributed by atoms with van der Waals surface area (Å²) in [5.74, 6) is -2.80. The summed E-state index contributed by atoms with van der Waals surface area (Å²) < 4.78 is 26.9. The largest absolute Gasteiger partial charge is 0.481 e. The fraction of sp³-hybridized carbons (Fsp3) is 0.529. The lowest BCUT2D eigenvalue weighted by atomic mass is 9.86. The van der Waals surface area contributed by atoms with Gasteiger partial charge in [0.25, 0.3) is 0 Å². The number of aliphatic carboxylic acids is 1. The van der Waals surface area contributed by atoms with Crippen molar-refractivity contribution in [1.29, 1.82) is 0 Å². The lowest BCUT2D eigenvalue weighted by molar-refractivity contribution is -0.142. The molecule has 0 bridgehead atoms. The predicted molar refractivity (Wildman–Crippen MR) is 78.7 cm³/mol. The van der Waals surface area contributed by atoms with E-state index >= 15 is 0 Å². The third kappa shape index (κ3) is 3.51. The van der Waals surface area contributed by atoms with Crippen LogP contribution in [0, 0.1) is 23.5 Å². The minimum absolute atomic E-state index is 0.0169. The summed E-state index contributed by atoms with van der Waals surface area (Å²) in [4.78, 5) is 23.1. The molecule has 0 spiro atoms. The van der Waals surface area contributed by atoms with Crippen LogP contribution in [0.5, 0.6) is 0 Å². The number of carboxylic acid groups (broad SMARTS) is 1. The number of halogens is 2. The van der Waals surface area contributed by atoms with Crippen molar-refractivity contribution in [2.45, 2.75) is 44.1 Å². The van der Waals surface area contributed by atoms with Gasteiger partial charge in [-0.25, -0.2) is 8.78 Å². The Balaban J connectivity index is 1.53. The highest BCUT2D eigenvalue weighted by molar-refractivity contribution is 5.83. The highest BCUT2D eigenvalue weighted by Crippen LogP contribution is 2.48. The van der Waals surface area contributed by atoms with Crippen LogP contribution in [-0.4, -0.2) is 23.0 Å². The average molecular weight is 323 g/mol. The Morgan fingerprint density at radius 3 is 2.48 bits per heavy atom. The van der Waals surface area contributed by atoms with Gasteiger partial charge in [0.15, 0.2) is 0 Å². The molecule has 6 heteroatoms. The second-order valence-electron chi connectivity index (χ2n) is 6.51. The second kappa shape index (κ2) is 6.26. The quantitative estimate of drug-likeness (QED) is 0.895. The van der Waals surface area contributed by atoms with Crippen molar-refractivity contribution in [2.75, 3.05) is 0 Å². The minimum Gasteiger partial charge on any atom is -0.481 e. The first-order valence-electron chi connectivity index (χ1n) is 7.94. The molecule has 2 aliphatic carbocycles. The summed E-state index contributed by atoms with van der Waals surface area (Å²) in [6.45, 7) is 0. The van der Waals surface area contributed by atoms with Crippen LogP contribution in [0.25, 0.3) is 0 Å². The Kier molecular flexibility index (Phi) is 4.33. The second-order valence-corrected chi connectivity index (χ2v) is 6.51. The SMILES string of the molecule is O=C(O)C1CCC(NC(=O)[C@H]2C[C@H]2c2cc(F)ccc2F)CC1. The number of hydrogen-bond acceptors (Lipinski definition) is 2. The van der Waals surface area contributed by atoms with Crippen molar-refractivity contribution in [3.05, 3.63) is 35.4 Å². The maximum atomic E-state index is 13.7. The summed E-state index contributed by atoms with van der Waals surface area (Å²) in [5.41, 5.74) is 0.264. The lowest BCUT2D eigenvalue weighted by Crippen LogP contribution is -2.39. The molecule has 1 aromatic rings. The van der Waals surface area contributed by atoms with Gasteiger partial charge in [-0.05, 0) is 61.8 Å². The number of hydrogen-bond donors (Lipinski definition) is 2. The first-order chi connectivity index (χ1) is 11.0. The Bertz CT molecular complexity index is 626. The average Bonchev–Trinajstić information content (AvgIpc) is 3.31. The normalized spacial score (nSPS) is 29.8. The minimum atomic E-state index is -0.779. The maximum Gasteiger partial charge on any atom is 0.306 e. The molecule has 1 amide bonds. The van der Waals surface area contributed by atoms with Crippen LogP contribution in [0.15, 0.2) is 18.2 Å². The molecule has 124 valence electrons. The van der Waals surface area contributed by atoms with E-state index in [9.17, 15) is 18.4 Å². The molecule has 0 heterocycles. The summed E-state index contributed by atoms with van der Waals surface area (Å²) in [7, 11) is 0. The molecular weight excluding hydrogens is 304 g/mol. The van der Waals surface area contributed by atoms with Gasteiger partial charge in [-0.15, -0.1) is 0 Å². The predicted octanol–water partition coefficient (Wildman–Crippen LogP) is 2.83. The zero-order chi connectivity index (χ0) is 16.6. The van der Waals surface area contributed by atoms with E-state index in [1.54, 1.807) is 0 Å². The number of carbonyl (C=O) groups excluding carboxylic acids is 1. The Labute approximate surface area is 132 Å². The molecule has 4 nitrogen and oxygen atoms in total. The Morgan fingerprint density at radius 1 is 1.13 bits per heavy atom. The van der Waals surface area contributed by atoms with Crippen LogP contribution in [-0.2, 0) is 9.59 Å².